The first-order valence-corrected chi connectivity index (χ1v) is 16.1. The molecule has 49 heavy (non-hydrogen) atoms. The van der Waals surface area contributed by atoms with Crippen LogP contribution in [-0.4, -0.2) is 27.9 Å². The van der Waals surface area contributed by atoms with Crippen LogP contribution in [-0.2, 0) is 18.6 Å². The SMILES string of the molecule is O=c1n(-c2ccccc2)c(=O)n2n1CC1(c3ccccc3)C(=C(c3ccccc3)Cn3c(=O)n(-c4ccccc4)c(=O)n31)C2[C]1[CH][CH][CH][CH]1. The molecule has 2 aliphatic heterocycles. The third-order valence-corrected chi connectivity index (χ3v) is 9.83. The summed E-state index contributed by atoms with van der Waals surface area (Å²) in [5.41, 5.74) is 0.473. The normalized spacial score (nSPS) is 20.2. The molecule has 1 fully saturated rings. The Kier molecular flexibility index (Phi) is 6.62. The molecule has 9 rings (SSSR count). The highest BCUT2D eigenvalue weighted by molar-refractivity contribution is 5.75. The van der Waals surface area contributed by atoms with Crippen LogP contribution < -0.4 is 22.8 Å². The molecule has 10 nitrogen and oxygen atoms in total. The topological polar surface area (TPSA) is 97.9 Å². The lowest BCUT2D eigenvalue weighted by molar-refractivity contribution is 0.174. The second kappa shape index (κ2) is 11.1. The molecule has 6 aromatic rings. The molecular weight excluding hydrogens is 616 g/mol. The first kappa shape index (κ1) is 29.3. The van der Waals surface area contributed by atoms with Gasteiger partial charge in [0.05, 0.1) is 30.5 Å². The van der Waals surface area contributed by atoms with Gasteiger partial charge in [-0.15, -0.1) is 0 Å². The van der Waals surface area contributed by atoms with E-state index in [0.29, 0.717) is 16.9 Å². The van der Waals surface area contributed by atoms with E-state index in [4.69, 9.17) is 0 Å². The van der Waals surface area contributed by atoms with Crippen LogP contribution in [0, 0.1) is 31.6 Å². The predicted octanol–water partition coefficient (Wildman–Crippen LogP) is 3.79. The van der Waals surface area contributed by atoms with Gasteiger partial charge in [0.15, 0.2) is 0 Å². The molecule has 4 aromatic carbocycles. The first-order chi connectivity index (χ1) is 24.0. The molecular formula is C39H29N6O4. The number of allylic oxidation sites excluding steroid dienone is 2. The van der Waals surface area contributed by atoms with Gasteiger partial charge in [-0.1, -0.05) is 97.1 Å². The Morgan fingerprint density at radius 3 is 1.65 bits per heavy atom. The van der Waals surface area contributed by atoms with Gasteiger partial charge in [-0.3, -0.25) is 0 Å². The fourth-order valence-electron chi connectivity index (χ4n) is 7.80. The zero-order valence-corrected chi connectivity index (χ0v) is 26.2. The smallest absolute Gasteiger partial charge is 0.246 e. The number of rotatable bonds is 5. The summed E-state index contributed by atoms with van der Waals surface area (Å²) in [6, 6.07) is 36.1. The predicted molar refractivity (Wildman–Crippen MR) is 185 cm³/mol. The van der Waals surface area contributed by atoms with Gasteiger partial charge in [-0.2, -0.15) is 0 Å². The van der Waals surface area contributed by atoms with E-state index >= 15 is 0 Å². The third kappa shape index (κ3) is 4.13. The number of hydrogen-bond acceptors (Lipinski definition) is 4. The van der Waals surface area contributed by atoms with E-state index in [0.717, 1.165) is 22.6 Å². The summed E-state index contributed by atoms with van der Waals surface area (Å²) >= 11 is 0. The van der Waals surface area contributed by atoms with Crippen LogP contribution in [0.5, 0.6) is 0 Å². The summed E-state index contributed by atoms with van der Waals surface area (Å²) in [7, 11) is 0. The summed E-state index contributed by atoms with van der Waals surface area (Å²) in [4.78, 5) is 58.6. The molecule has 0 amide bonds. The summed E-state index contributed by atoms with van der Waals surface area (Å²) < 4.78 is 8.35. The highest BCUT2D eigenvalue weighted by Gasteiger charge is 2.56. The Bertz CT molecular complexity index is 2480. The van der Waals surface area contributed by atoms with Crippen LogP contribution in [0.3, 0.4) is 0 Å². The van der Waals surface area contributed by atoms with Crippen molar-refractivity contribution >= 4 is 5.57 Å². The van der Waals surface area contributed by atoms with Crippen molar-refractivity contribution in [1.82, 2.24) is 27.9 Å². The first-order valence-electron chi connectivity index (χ1n) is 16.1. The summed E-state index contributed by atoms with van der Waals surface area (Å²) in [5.74, 6) is 0.774. The fourth-order valence-corrected chi connectivity index (χ4v) is 7.80. The standard InChI is InChI=1S/C39H29N6O4/c46-35-40-25-32(27-15-5-1-6-16-27)33-34(28-17-13-14-18-28)44-37(48)42(30-21-9-3-10-22-30)36(47)41(44)26-39(33,29-19-7-2-8-20-29)45(40)38(49)43(35)31-23-11-4-12-24-31/h1-24,34H,25-26H2. The zero-order chi connectivity index (χ0) is 33.3. The van der Waals surface area contributed by atoms with E-state index in [-0.39, 0.29) is 13.1 Å². The maximum atomic E-state index is 14.9. The minimum absolute atomic E-state index is 0.0669. The van der Waals surface area contributed by atoms with E-state index in [2.05, 4.69) is 0 Å². The van der Waals surface area contributed by atoms with Gasteiger partial charge in [0.1, 0.15) is 5.54 Å². The third-order valence-electron chi connectivity index (χ3n) is 9.83. The molecule has 2 atom stereocenters. The number of benzene rings is 4. The van der Waals surface area contributed by atoms with Crippen molar-refractivity contribution in [3.05, 3.63) is 212 Å². The Morgan fingerprint density at radius 2 is 1.06 bits per heavy atom. The minimum Gasteiger partial charge on any atom is -0.246 e. The monoisotopic (exact) mass is 645 g/mol. The van der Waals surface area contributed by atoms with E-state index < -0.39 is 34.3 Å². The van der Waals surface area contributed by atoms with Crippen LogP contribution >= 0.6 is 0 Å². The molecule has 5 radical (unpaired) electrons. The average Bonchev–Trinajstić information content (AvgIpc) is 3.84. The highest BCUT2D eigenvalue weighted by atomic mass is 16.2. The van der Waals surface area contributed by atoms with E-state index in [1.54, 1.807) is 48.5 Å². The second-order valence-corrected chi connectivity index (χ2v) is 12.3. The van der Waals surface area contributed by atoms with Gasteiger partial charge in [0.25, 0.3) is 0 Å². The molecule has 4 heterocycles. The Labute approximate surface area is 280 Å². The van der Waals surface area contributed by atoms with Crippen molar-refractivity contribution in [2.45, 2.75) is 24.7 Å². The maximum Gasteiger partial charge on any atom is 0.353 e. The average molecular weight is 646 g/mol. The summed E-state index contributed by atoms with van der Waals surface area (Å²) in [6.45, 7) is -0.0522. The minimum atomic E-state index is -1.40. The number of para-hydroxylation sites is 2. The molecule has 10 heteroatoms. The number of fused-ring (bicyclic) bond motifs is 4. The lowest BCUT2D eigenvalue weighted by Gasteiger charge is -2.50. The largest absolute Gasteiger partial charge is 0.353 e. The molecule has 1 aliphatic carbocycles. The van der Waals surface area contributed by atoms with Crippen LogP contribution in [0.2, 0.25) is 0 Å². The molecule has 0 bridgehead atoms. The van der Waals surface area contributed by atoms with E-state index in [9.17, 15) is 19.2 Å². The van der Waals surface area contributed by atoms with Crippen LogP contribution in [0.15, 0.2) is 146 Å². The molecule has 0 saturated heterocycles. The van der Waals surface area contributed by atoms with Crippen LogP contribution in [0.25, 0.3) is 16.9 Å². The molecule has 2 aromatic heterocycles. The number of nitrogens with zero attached hydrogens (tertiary/aromatic N) is 6. The van der Waals surface area contributed by atoms with Crippen molar-refractivity contribution in [3.8, 4) is 11.4 Å². The lowest BCUT2D eigenvalue weighted by atomic mass is 9.70. The zero-order valence-electron chi connectivity index (χ0n) is 26.2. The Morgan fingerprint density at radius 1 is 0.551 bits per heavy atom. The van der Waals surface area contributed by atoms with Crippen molar-refractivity contribution in [1.29, 1.82) is 0 Å². The van der Waals surface area contributed by atoms with Gasteiger partial charge in [0.2, 0.25) is 0 Å². The Hall–Kier alpha value is -5.90. The van der Waals surface area contributed by atoms with Gasteiger partial charge >= 0.3 is 22.8 Å². The van der Waals surface area contributed by atoms with Crippen molar-refractivity contribution < 1.29 is 0 Å². The quantitative estimate of drug-likeness (QED) is 0.285. The van der Waals surface area contributed by atoms with Crippen molar-refractivity contribution in [3.63, 3.8) is 0 Å². The van der Waals surface area contributed by atoms with Crippen LogP contribution in [0.1, 0.15) is 17.2 Å². The molecule has 0 N–H and O–H groups in total. The van der Waals surface area contributed by atoms with E-state index in [1.165, 1.54) is 27.9 Å². The summed E-state index contributed by atoms with van der Waals surface area (Å²) in [6.07, 6.45) is 7.66. The molecule has 3 aliphatic rings. The number of aromatic nitrogens is 6. The van der Waals surface area contributed by atoms with Crippen molar-refractivity contribution in [2.75, 3.05) is 0 Å². The molecule has 2 unspecified atom stereocenters. The fraction of sp³-hybridized carbons (Fsp3) is 0.103. The van der Waals surface area contributed by atoms with Gasteiger partial charge in [-0.25, -0.2) is 47.0 Å². The van der Waals surface area contributed by atoms with Crippen molar-refractivity contribution in [2.24, 2.45) is 0 Å². The summed E-state index contributed by atoms with van der Waals surface area (Å²) in [5, 5.41) is 0. The molecule has 239 valence electrons. The lowest BCUT2D eigenvalue weighted by Crippen LogP contribution is -2.60. The molecule has 1 saturated carbocycles. The van der Waals surface area contributed by atoms with Gasteiger partial charge in [-0.05, 0) is 72.2 Å². The number of hydrogen-bond donors (Lipinski definition) is 0. The maximum absolute atomic E-state index is 14.9. The second-order valence-electron chi connectivity index (χ2n) is 12.3. The van der Waals surface area contributed by atoms with E-state index in [1.807, 2.05) is 98.5 Å². The van der Waals surface area contributed by atoms with Gasteiger partial charge in [0, 0.05) is 5.92 Å². The van der Waals surface area contributed by atoms with Gasteiger partial charge < -0.3 is 0 Å². The Balaban J connectivity index is 1.47. The highest BCUT2D eigenvalue weighted by Crippen LogP contribution is 2.53. The van der Waals surface area contributed by atoms with Crippen LogP contribution in [0.4, 0.5) is 0 Å². The molecule has 0 spiro atoms.